The number of anilines is 1. The van der Waals surface area contributed by atoms with Crippen LogP contribution in [0.1, 0.15) is 13.3 Å². The summed E-state index contributed by atoms with van der Waals surface area (Å²) >= 11 is 3.51. The Balaban J connectivity index is 1.87. The van der Waals surface area contributed by atoms with Gasteiger partial charge in [0.2, 0.25) is 5.91 Å². The fourth-order valence-electron chi connectivity index (χ4n) is 1.67. The number of rotatable bonds is 5. The van der Waals surface area contributed by atoms with Crippen LogP contribution in [0.25, 0.3) is 0 Å². The second-order valence-electron chi connectivity index (χ2n) is 4.51. The van der Waals surface area contributed by atoms with Gasteiger partial charge in [-0.25, -0.2) is 0 Å². The first-order valence-corrected chi connectivity index (χ1v) is 6.33. The van der Waals surface area contributed by atoms with E-state index in [-0.39, 0.29) is 16.1 Å². The fraction of sp³-hybridized carbons (Fsp3) is 0.636. The van der Waals surface area contributed by atoms with Gasteiger partial charge in [0.25, 0.3) is 0 Å². The number of ether oxygens (including phenoxy) is 1. The van der Waals surface area contributed by atoms with Crippen LogP contribution >= 0.6 is 15.9 Å². The normalized spacial score (nSPS) is 26.9. The Morgan fingerprint density at radius 1 is 1.82 bits per heavy atom. The maximum absolute atomic E-state index is 11.8. The molecule has 5 nitrogen and oxygen atoms in total. The van der Waals surface area contributed by atoms with Crippen LogP contribution in [0.2, 0.25) is 0 Å². The van der Waals surface area contributed by atoms with E-state index in [1.54, 1.807) is 18.0 Å². The van der Waals surface area contributed by atoms with Gasteiger partial charge in [0.05, 0.1) is 31.0 Å². The minimum Gasteiger partial charge on any atom is -0.383 e. The number of halogens is 1. The van der Waals surface area contributed by atoms with Crippen molar-refractivity contribution in [3.8, 4) is 0 Å². The van der Waals surface area contributed by atoms with Crippen LogP contribution in [0, 0.1) is 5.92 Å². The van der Waals surface area contributed by atoms with Gasteiger partial charge < -0.3 is 10.1 Å². The summed E-state index contributed by atoms with van der Waals surface area (Å²) in [6.07, 6.45) is 4.35. The van der Waals surface area contributed by atoms with E-state index in [2.05, 4.69) is 26.3 Å². The van der Waals surface area contributed by atoms with Crippen LogP contribution in [0.4, 0.5) is 5.69 Å². The predicted octanol–water partition coefficient (Wildman–Crippen LogP) is 1.64. The number of hydrogen-bond acceptors (Lipinski definition) is 3. The minimum atomic E-state index is -0.0247. The van der Waals surface area contributed by atoms with Crippen LogP contribution in [0.15, 0.2) is 12.4 Å². The molecule has 1 fully saturated rings. The Bertz CT molecular complexity index is 417. The number of aromatic nitrogens is 2. The third-order valence-electron chi connectivity index (χ3n) is 2.91. The third-order valence-corrected chi connectivity index (χ3v) is 3.79. The lowest BCUT2D eigenvalue weighted by Crippen LogP contribution is -2.17. The van der Waals surface area contributed by atoms with Crippen molar-refractivity contribution in [2.75, 3.05) is 19.0 Å². The topological polar surface area (TPSA) is 56.1 Å². The van der Waals surface area contributed by atoms with Crippen molar-refractivity contribution in [2.24, 2.45) is 5.92 Å². The lowest BCUT2D eigenvalue weighted by molar-refractivity contribution is -0.117. The molecule has 0 radical (unpaired) electrons. The number of amides is 1. The molecule has 1 amide bonds. The zero-order valence-electron chi connectivity index (χ0n) is 9.94. The van der Waals surface area contributed by atoms with Gasteiger partial charge in [-0.2, -0.15) is 5.10 Å². The highest BCUT2D eigenvalue weighted by Gasteiger charge is 2.52. The zero-order valence-corrected chi connectivity index (χ0v) is 11.5. The van der Waals surface area contributed by atoms with E-state index in [1.165, 1.54) is 0 Å². The maximum atomic E-state index is 11.8. The average molecular weight is 302 g/mol. The van der Waals surface area contributed by atoms with Crippen LogP contribution in [-0.4, -0.2) is 33.7 Å². The molecule has 0 aliphatic heterocycles. The fourth-order valence-corrected chi connectivity index (χ4v) is 2.20. The largest absolute Gasteiger partial charge is 0.383 e. The summed E-state index contributed by atoms with van der Waals surface area (Å²) < 4.78 is 6.68. The van der Waals surface area contributed by atoms with Crippen molar-refractivity contribution in [1.82, 2.24) is 9.78 Å². The van der Waals surface area contributed by atoms with Crippen molar-refractivity contribution in [3.63, 3.8) is 0 Å². The van der Waals surface area contributed by atoms with E-state index in [0.29, 0.717) is 13.2 Å². The van der Waals surface area contributed by atoms with Gasteiger partial charge in [0.1, 0.15) is 0 Å². The summed E-state index contributed by atoms with van der Waals surface area (Å²) in [6, 6.07) is 0. The Morgan fingerprint density at radius 3 is 3.12 bits per heavy atom. The predicted molar refractivity (Wildman–Crippen MR) is 68.2 cm³/mol. The van der Waals surface area contributed by atoms with E-state index in [4.69, 9.17) is 4.74 Å². The van der Waals surface area contributed by atoms with Crippen LogP contribution in [-0.2, 0) is 16.1 Å². The van der Waals surface area contributed by atoms with Crippen LogP contribution in [0.5, 0.6) is 0 Å². The first kappa shape index (κ1) is 12.6. The average Bonchev–Trinajstić information content (AvgIpc) is 2.72. The highest BCUT2D eigenvalue weighted by atomic mass is 79.9. The summed E-state index contributed by atoms with van der Waals surface area (Å²) in [5, 5.41) is 7.00. The number of carbonyl (C=O) groups excluding carboxylic acids is 1. The number of nitrogens with zero attached hydrogens (tertiary/aromatic N) is 2. The van der Waals surface area contributed by atoms with Crippen molar-refractivity contribution in [3.05, 3.63) is 12.4 Å². The van der Waals surface area contributed by atoms with Gasteiger partial charge in [-0.15, -0.1) is 0 Å². The summed E-state index contributed by atoms with van der Waals surface area (Å²) in [5.74, 6) is 0.112. The van der Waals surface area contributed by atoms with Crippen LogP contribution in [0.3, 0.4) is 0 Å². The molecule has 1 aromatic heterocycles. The van der Waals surface area contributed by atoms with E-state index >= 15 is 0 Å². The molecular formula is C11H16BrN3O2. The lowest BCUT2D eigenvalue weighted by atomic mass is 10.3. The number of hydrogen-bond donors (Lipinski definition) is 1. The molecule has 17 heavy (non-hydrogen) atoms. The zero-order chi connectivity index (χ0) is 12.5. The van der Waals surface area contributed by atoms with Crippen molar-refractivity contribution < 1.29 is 9.53 Å². The van der Waals surface area contributed by atoms with Crippen molar-refractivity contribution in [1.29, 1.82) is 0 Å². The first-order chi connectivity index (χ1) is 8.03. The Hall–Kier alpha value is -0.880. The standard InChI is InChI=1S/C11H16BrN3O2/c1-11(12)5-9(11)10(16)14-8-6-13-15(7-8)3-4-17-2/h6-7,9H,3-5H2,1-2H3,(H,14,16). The minimum absolute atomic E-state index is 0.0247. The quantitative estimate of drug-likeness (QED) is 0.841. The van der Waals surface area contributed by atoms with Gasteiger partial charge in [0.15, 0.2) is 0 Å². The smallest absolute Gasteiger partial charge is 0.229 e. The summed E-state index contributed by atoms with van der Waals surface area (Å²) in [4.78, 5) is 11.8. The molecule has 1 heterocycles. The van der Waals surface area contributed by atoms with E-state index in [1.807, 2.05) is 13.1 Å². The number of nitrogens with one attached hydrogen (secondary N) is 1. The summed E-state index contributed by atoms with van der Waals surface area (Å²) in [6.45, 7) is 3.32. The number of carbonyl (C=O) groups is 1. The molecule has 1 N–H and O–H groups in total. The molecule has 94 valence electrons. The van der Waals surface area contributed by atoms with Gasteiger partial charge in [-0.3, -0.25) is 9.48 Å². The molecule has 0 aromatic carbocycles. The summed E-state index contributed by atoms with van der Waals surface area (Å²) in [5.41, 5.74) is 0.737. The lowest BCUT2D eigenvalue weighted by Gasteiger charge is -2.02. The molecule has 1 aliphatic rings. The van der Waals surface area contributed by atoms with Gasteiger partial charge in [0, 0.05) is 17.6 Å². The van der Waals surface area contributed by atoms with E-state index in [0.717, 1.165) is 12.1 Å². The van der Waals surface area contributed by atoms with Gasteiger partial charge in [-0.1, -0.05) is 15.9 Å². The Kier molecular flexibility index (Phi) is 3.53. The molecule has 2 unspecified atom stereocenters. The SMILES string of the molecule is COCCn1cc(NC(=O)C2CC2(C)Br)cn1. The van der Waals surface area contributed by atoms with Crippen molar-refractivity contribution >= 4 is 27.5 Å². The molecular weight excluding hydrogens is 286 g/mol. The molecule has 2 atom stereocenters. The van der Waals surface area contributed by atoms with E-state index in [9.17, 15) is 4.79 Å². The number of alkyl halides is 1. The van der Waals surface area contributed by atoms with Crippen molar-refractivity contribution in [2.45, 2.75) is 24.2 Å². The highest BCUT2D eigenvalue weighted by molar-refractivity contribution is 9.10. The third kappa shape index (κ3) is 3.07. The van der Waals surface area contributed by atoms with Gasteiger partial charge in [-0.05, 0) is 13.3 Å². The molecule has 1 aliphatic carbocycles. The molecule has 0 bridgehead atoms. The van der Waals surface area contributed by atoms with Gasteiger partial charge >= 0.3 is 0 Å². The molecule has 0 saturated heterocycles. The van der Waals surface area contributed by atoms with Crippen LogP contribution < -0.4 is 5.32 Å². The molecule has 1 saturated carbocycles. The second-order valence-corrected chi connectivity index (χ2v) is 6.32. The monoisotopic (exact) mass is 301 g/mol. The highest BCUT2D eigenvalue weighted by Crippen LogP contribution is 2.51. The molecule has 2 rings (SSSR count). The Morgan fingerprint density at radius 2 is 2.53 bits per heavy atom. The van der Waals surface area contributed by atoms with E-state index < -0.39 is 0 Å². The molecule has 1 aromatic rings. The first-order valence-electron chi connectivity index (χ1n) is 5.54. The maximum Gasteiger partial charge on any atom is 0.229 e. The second kappa shape index (κ2) is 4.78. The summed E-state index contributed by atoms with van der Waals surface area (Å²) in [7, 11) is 1.65. The Labute approximate surface area is 109 Å². The molecule has 0 spiro atoms. The number of methoxy groups -OCH3 is 1. The molecule has 6 heteroatoms.